The predicted molar refractivity (Wildman–Crippen MR) is 82.6 cm³/mol. The van der Waals surface area contributed by atoms with Crippen molar-refractivity contribution in [3.63, 3.8) is 0 Å². The van der Waals surface area contributed by atoms with E-state index in [4.69, 9.17) is 4.74 Å². The Kier molecular flexibility index (Phi) is 4.25. The van der Waals surface area contributed by atoms with Crippen molar-refractivity contribution in [2.24, 2.45) is 5.92 Å². The van der Waals surface area contributed by atoms with E-state index in [9.17, 15) is 8.42 Å². The monoisotopic (exact) mass is 379 g/mol. The van der Waals surface area contributed by atoms with Crippen molar-refractivity contribution in [2.45, 2.75) is 37.1 Å². The summed E-state index contributed by atoms with van der Waals surface area (Å²) >= 11 is 4.86. The SMILES string of the molecule is Cc1sc(Br)cc1S(=O)(=O)N(CC1CCOC1)C1CC1. The van der Waals surface area contributed by atoms with Gasteiger partial charge in [0.05, 0.1) is 15.3 Å². The van der Waals surface area contributed by atoms with Crippen LogP contribution >= 0.6 is 27.3 Å². The second-order valence-corrected chi connectivity index (χ2v) is 10.0. The molecular formula is C13H18BrNO3S2. The Morgan fingerprint density at radius 3 is 2.70 bits per heavy atom. The molecule has 20 heavy (non-hydrogen) atoms. The average Bonchev–Trinajstić information content (AvgIpc) is 2.96. The van der Waals surface area contributed by atoms with E-state index in [1.807, 2.05) is 6.92 Å². The number of hydrogen-bond acceptors (Lipinski definition) is 4. The Labute approximate surface area is 132 Å². The molecule has 0 spiro atoms. The highest BCUT2D eigenvalue weighted by Gasteiger charge is 2.40. The van der Waals surface area contributed by atoms with Gasteiger partial charge in [-0.15, -0.1) is 11.3 Å². The molecular weight excluding hydrogens is 362 g/mol. The summed E-state index contributed by atoms with van der Waals surface area (Å²) in [7, 11) is -3.38. The van der Waals surface area contributed by atoms with E-state index in [1.165, 1.54) is 11.3 Å². The molecule has 2 heterocycles. The first-order chi connectivity index (χ1) is 9.48. The number of aryl methyl sites for hydroxylation is 1. The van der Waals surface area contributed by atoms with E-state index in [2.05, 4.69) is 15.9 Å². The van der Waals surface area contributed by atoms with Crippen molar-refractivity contribution in [1.82, 2.24) is 4.31 Å². The highest BCUT2D eigenvalue weighted by Crippen LogP contribution is 2.37. The minimum atomic E-state index is -3.38. The van der Waals surface area contributed by atoms with Crippen LogP contribution in [-0.2, 0) is 14.8 Å². The number of halogens is 1. The van der Waals surface area contributed by atoms with Crippen LogP contribution in [-0.4, -0.2) is 38.5 Å². The van der Waals surface area contributed by atoms with Gasteiger partial charge in [0.1, 0.15) is 0 Å². The normalized spacial score (nSPS) is 23.6. The second-order valence-electron chi connectivity index (χ2n) is 5.51. The van der Waals surface area contributed by atoms with Crippen LogP contribution in [0.5, 0.6) is 0 Å². The summed E-state index contributed by atoms with van der Waals surface area (Å²) in [6, 6.07) is 1.93. The lowest BCUT2D eigenvalue weighted by atomic mass is 10.1. The third-order valence-electron chi connectivity index (χ3n) is 3.85. The maximum absolute atomic E-state index is 12.9. The van der Waals surface area contributed by atoms with Gasteiger partial charge in [0.15, 0.2) is 0 Å². The second kappa shape index (κ2) is 5.68. The topological polar surface area (TPSA) is 46.6 Å². The smallest absolute Gasteiger partial charge is 0.244 e. The van der Waals surface area contributed by atoms with Crippen molar-refractivity contribution in [3.05, 3.63) is 14.7 Å². The van der Waals surface area contributed by atoms with Crippen LogP contribution in [0.25, 0.3) is 0 Å². The van der Waals surface area contributed by atoms with Crippen LogP contribution in [0.3, 0.4) is 0 Å². The fourth-order valence-corrected chi connectivity index (χ4v) is 6.75. The van der Waals surface area contributed by atoms with Gasteiger partial charge in [0.25, 0.3) is 0 Å². The molecule has 1 aromatic heterocycles. The molecule has 2 fully saturated rings. The Bertz CT molecular complexity index is 589. The molecule has 1 aliphatic carbocycles. The average molecular weight is 380 g/mol. The van der Waals surface area contributed by atoms with Gasteiger partial charge in [-0.1, -0.05) is 0 Å². The molecule has 1 unspecified atom stereocenters. The van der Waals surface area contributed by atoms with Gasteiger partial charge in [-0.25, -0.2) is 8.42 Å². The maximum Gasteiger partial charge on any atom is 0.244 e. The molecule has 7 heteroatoms. The van der Waals surface area contributed by atoms with Crippen LogP contribution in [0.4, 0.5) is 0 Å². The number of ether oxygens (including phenoxy) is 1. The first kappa shape index (κ1) is 15.0. The Hall–Kier alpha value is 0.0500. The molecule has 2 aliphatic rings. The summed E-state index contributed by atoms with van der Waals surface area (Å²) in [5, 5.41) is 0. The first-order valence-corrected chi connectivity index (χ1v) is 9.89. The van der Waals surface area contributed by atoms with E-state index < -0.39 is 10.0 Å². The molecule has 1 saturated carbocycles. The number of thiophene rings is 1. The molecule has 1 atom stereocenters. The summed E-state index contributed by atoms with van der Waals surface area (Å²) < 4.78 is 33.8. The van der Waals surface area contributed by atoms with Crippen LogP contribution in [0.1, 0.15) is 24.1 Å². The lowest BCUT2D eigenvalue weighted by molar-refractivity contribution is 0.180. The first-order valence-electron chi connectivity index (χ1n) is 6.84. The fourth-order valence-electron chi connectivity index (χ4n) is 2.60. The van der Waals surface area contributed by atoms with Gasteiger partial charge in [-0.3, -0.25) is 0 Å². The molecule has 0 N–H and O–H groups in total. The fraction of sp³-hybridized carbons (Fsp3) is 0.692. The van der Waals surface area contributed by atoms with E-state index in [0.29, 0.717) is 24.0 Å². The zero-order valence-corrected chi connectivity index (χ0v) is 14.6. The summed E-state index contributed by atoms with van der Waals surface area (Å²) in [5.74, 6) is 0.341. The van der Waals surface area contributed by atoms with Crippen LogP contribution < -0.4 is 0 Å². The van der Waals surface area contributed by atoms with E-state index in [0.717, 1.165) is 34.5 Å². The van der Waals surface area contributed by atoms with Gasteiger partial charge < -0.3 is 4.74 Å². The minimum Gasteiger partial charge on any atom is -0.381 e. The summed E-state index contributed by atoms with van der Waals surface area (Å²) in [4.78, 5) is 1.31. The Morgan fingerprint density at radius 1 is 1.45 bits per heavy atom. The number of nitrogens with zero attached hydrogens (tertiary/aromatic N) is 1. The van der Waals surface area contributed by atoms with Gasteiger partial charge in [0.2, 0.25) is 10.0 Å². The van der Waals surface area contributed by atoms with Crippen molar-refractivity contribution < 1.29 is 13.2 Å². The molecule has 0 aromatic carbocycles. The van der Waals surface area contributed by atoms with E-state index >= 15 is 0 Å². The Balaban J connectivity index is 1.87. The molecule has 0 radical (unpaired) electrons. The van der Waals surface area contributed by atoms with Gasteiger partial charge in [0, 0.05) is 24.1 Å². The predicted octanol–water partition coefficient (Wildman–Crippen LogP) is 3.01. The number of rotatable bonds is 5. The molecule has 0 bridgehead atoms. The van der Waals surface area contributed by atoms with Gasteiger partial charge in [-0.2, -0.15) is 4.31 Å². The number of hydrogen-bond donors (Lipinski definition) is 0. The Morgan fingerprint density at radius 2 is 2.20 bits per heavy atom. The standard InChI is InChI=1S/C13H18BrNO3S2/c1-9-12(6-13(14)19-9)20(16,17)15(11-2-3-11)7-10-4-5-18-8-10/h6,10-11H,2-5,7-8H2,1H3. The highest BCUT2D eigenvalue weighted by atomic mass is 79.9. The zero-order chi connectivity index (χ0) is 14.3. The molecule has 112 valence electrons. The van der Waals surface area contributed by atoms with Crippen LogP contribution in [0, 0.1) is 12.8 Å². The summed E-state index contributed by atoms with van der Waals surface area (Å²) in [6.07, 6.45) is 2.93. The van der Waals surface area contributed by atoms with Crippen molar-refractivity contribution in [3.8, 4) is 0 Å². The molecule has 0 amide bonds. The van der Waals surface area contributed by atoms with Crippen molar-refractivity contribution in [2.75, 3.05) is 19.8 Å². The molecule has 3 rings (SSSR count). The van der Waals surface area contributed by atoms with Gasteiger partial charge >= 0.3 is 0 Å². The third kappa shape index (κ3) is 2.97. The molecule has 1 aromatic rings. The third-order valence-corrected chi connectivity index (χ3v) is 7.57. The largest absolute Gasteiger partial charge is 0.381 e. The zero-order valence-electron chi connectivity index (χ0n) is 11.3. The molecule has 1 saturated heterocycles. The maximum atomic E-state index is 12.9. The van der Waals surface area contributed by atoms with Crippen molar-refractivity contribution >= 4 is 37.3 Å². The summed E-state index contributed by atoms with van der Waals surface area (Å²) in [6.45, 7) is 3.91. The molecule has 4 nitrogen and oxygen atoms in total. The van der Waals surface area contributed by atoms with Gasteiger partial charge in [-0.05, 0) is 54.1 Å². The minimum absolute atomic E-state index is 0.193. The summed E-state index contributed by atoms with van der Waals surface area (Å²) in [5.41, 5.74) is 0. The van der Waals surface area contributed by atoms with E-state index in [1.54, 1.807) is 10.4 Å². The van der Waals surface area contributed by atoms with Crippen molar-refractivity contribution in [1.29, 1.82) is 0 Å². The lowest BCUT2D eigenvalue weighted by Gasteiger charge is -2.24. The quantitative estimate of drug-likeness (QED) is 0.789. The van der Waals surface area contributed by atoms with Crippen LogP contribution in [0.2, 0.25) is 0 Å². The van der Waals surface area contributed by atoms with E-state index in [-0.39, 0.29) is 6.04 Å². The molecule has 1 aliphatic heterocycles. The number of sulfonamides is 1. The lowest BCUT2D eigenvalue weighted by Crippen LogP contribution is -2.37. The highest BCUT2D eigenvalue weighted by molar-refractivity contribution is 9.11. The van der Waals surface area contributed by atoms with Crippen LogP contribution in [0.15, 0.2) is 14.7 Å².